The molecule has 1 aromatic carbocycles. The Bertz CT molecular complexity index is 852. The molecule has 0 aliphatic heterocycles. The van der Waals surface area contributed by atoms with Crippen LogP contribution in [0.5, 0.6) is 0 Å². The molecular formula is C22H32N4OS. The van der Waals surface area contributed by atoms with E-state index in [2.05, 4.69) is 55.3 Å². The minimum atomic E-state index is 0.0997. The highest BCUT2D eigenvalue weighted by Gasteiger charge is 2.31. The number of rotatable bonds is 6. The molecule has 5 nitrogen and oxygen atoms in total. The first-order valence-corrected chi connectivity index (χ1v) is 10.8. The van der Waals surface area contributed by atoms with E-state index in [-0.39, 0.29) is 11.9 Å². The molecule has 1 saturated carbocycles. The van der Waals surface area contributed by atoms with Gasteiger partial charge in [0.1, 0.15) is 0 Å². The zero-order valence-electron chi connectivity index (χ0n) is 17.4. The number of aromatic nitrogens is 3. The molecule has 6 heteroatoms. The van der Waals surface area contributed by atoms with Gasteiger partial charge in [-0.3, -0.25) is 14.5 Å². The van der Waals surface area contributed by atoms with Crippen LogP contribution in [0.2, 0.25) is 0 Å². The van der Waals surface area contributed by atoms with Gasteiger partial charge in [0.25, 0.3) is 0 Å². The maximum Gasteiger partial charge on any atom is 0.222 e. The molecule has 152 valence electrons. The molecule has 3 atom stereocenters. The number of amides is 1. The van der Waals surface area contributed by atoms with Crippen LogP contribution in [0.15, 0.2) is 24.3 Å². The van der Waals surface area contributed by atoms with E-state index >= 15 is 0 Å². The highest BCUT2D eigenvalue weighted by Crippen LogP contribution is 2.33. The van der Waals surface area contributed by atoms with E-state index in [1.165, 1.54) is 18.4 Å². The van der Waals surface area contributed by atoms with Crippen molar-refractivity contribution >= 4 is 18.1 Å². The first-order chi connectivity index (χ1) is 13.3. The van der Waals surface area contributed by atoms with Crippen LogP contribution in [0.1, 0.15) is 52.0 Å². The molecule has 28 heavy (non-hydrogen) atoms. The summed E-state index contributed by atoms with van der Waals surface area (Å²) in [7, 11) is 0. The summed E-state index contributed by atoms with van der Waals surface area (Å²) >= 11 is 5.39. The van der Waals surface area contributed by atoms with Crippen LogP contribution in [0.4, 0.5) is 0 Å². The second kappa shape index (κ2) is 9.03. The third kappa shape index (κ3) is 4.90. The summed E-state index contributed by atoms with van der Waals surface area (Å²) in [6.07, 6.45) is 3.95. The highest BCUT2D eigenvalue weighted by molar-refractivity contribution is 7.71. The summed E-state index contributed by atoms with van der Waals surface area (Å²) in [6, 6.07) is 8.46. The first kappa shape index (κ1) is 20.8. The molecule has 3 rings (SSSR count). The fourth-order valence-corrected chi connectivity index (χ4v) is 4.53. The Morgan fingerprint density at radius 2 is 2.04 bits per heavy atom. The minimum Gasteiger partial charge on any atom is -0.353 e. The van der Waals surface area contributed by atoms with Crippen LogP contribution >= 0.6 is 12.2 Å². The smallest absolute Gasteiger partial charge is 0.222 e. The maximum atomic E-state index is 12.7. The third-order valence-corrected chi connectivity index (χ3v) is 6.31. The molecule has 1 fully saturated rings. The molecule has 0 saturated heterocycles. The molecule has 0 radical (unpaired) electrons. The summed E-state index contributed by atoms with van der Waals surface area (Å²) < 4.78 is 2.47. The molecule has 2 aromatic rings. The fraction of sp³-hybridized carbons (Fsp3) is 0.591. The predicted molar refractivity (Wildman–Crippen MR) is 115 cm³/mol. The lowest BCUT2D eigenvalue weighted by molar-refractivity contribution is -0.122. The van der Waals surface area contributed by atoms with Crippen molar-refractivity contribution in [3.8, 4) is 11.4 Å². The average molecular weight is 401 g/mol. The molecule has 1 aliphatic rings. The number of H-pyrrole nitrogens is 1. The summed E-state index contributed by atoms with van der Waals surface area (Å²) in [4.78, 5) is 12.7. The number of carbonyl (C=O) groups is 1. The van der Waals surface area contributed by atoms with Crippen LogP contribution in [-0.2, 0) is 11.3 Å². The van der Waals surface area contributed by atoms with Crippen LogP contribution in [0, 0.1) is 29.4 Å². The molecule has 1 aliphatic carbocycles. The number of hydrogen-bond donors (Lipinski definition) is 2. The molecule has 3 unspecified atom stereocenters. The maximum absolute atomic E-state index is 12.7. The third-order valence-electron chi connectivity index (χ3n) is 6.00. The molecular weight excluding hydrogens is 368 g/mol. The lowest BCUT2D eigenvalue weighted by Gasteiger charge is -2.37. The summed E-state index contributed by atoms with van der Waals surface area (Å²) in [5.41, 5.74) is 2.20. The molecule has 0 bridgehead atoms. The van der Waals surface area contributed by atoms with E-state index in [9.17, 15) is 4.79 Å². The van der Waals surface area contributed by atoms with Crippen LogP contribution in [0.25, 0.3) is 11.4 Å². The fourth-order valence-electron chi connectivity index (χ4n) is 4.31. The number of nitrogens with zero attached hydrogens (tertiary/aromatic N) is 2. The van der Waals surface area contributed by atoms with Gasteiger partial charge < -0.3 is 5.32 Å². The van der Waals surface area contributed by atoms with Gasteiger partial charge in [-0.2, -0.15) is 5.10 Å². The van der Waals surface area contributed by atoms with Gasteiger partial charge in [0.05, 0.1) is 0 Å². The van der Waals surface area contributed by atoms with Crippen LogP contribution in [0.3, 0.4) is 0 Å². The first-order valence-electron chi connectivity index (χ1n) is 10.4. The second-order valence-corrected chi connectivity index (χ2v) is 9.01. The predicted octanol–water partition coefficient (Wildman–Crippen LogP) is 4.88. The monoisotopic (exact) mass is 400 g/mol. The second-order valence-electron chi connectivity index (χ2n) is 8.62. The van der Waals surface area contributed by atoms with Crippen molar-refractivity contribution in [2.75, 3.05) is 0 Å². The minimum absolute atomic E-state index is 0.0997. The Labute approximate surface area is 172 Å². The Morgan fingerprint density at radius 3 is 2.71 bits per heavy atom. The van der Waals surface area contributed by atoms with Crippen molar-refractivity contribution in [2.45, 2.75) is 66.0 Å². The van der Waals surface area contributed by atoms with E-state index in [1.807, 2.05) is 16.7 Å². The van der Waals surface area contributed by atoms with Crippen molar-refractivity contribution < 1.29 is 4.79 Å². The number of hydrogen-bond acceptors (Lipinski definition) is 3. The summed E-state index contributed by atoms with van der Waals surface area (Å²) in [6.45, 7) is 9.39. The summed E-state index contributed by atoms with van der Waals surface area (Å²) in [5.74, 6) is 2.72. The van der Waals surface area contributed by atoms with E-state index in [4.69, 9.17) is 12.2 Å². The molecule has 1 amide bonds. The Kier molecular flexibility index (Phi) is 6.70. The number of carbonyl (C=O) groups excluding carboxylic acids is 1. The summed E-state index contributed by atoms with van der Waals surface area (Å²) in [5, 5.41) is 10.5. The average Bonchev–Trinajstić information content (AvgIpc) is 3.01. The van der Waals surface area contributed by atoms with Crippen molar-refractivity contribution in [3.63, 3.8) is 0 Å². The number of aromatic amines is 1. The Balaban J connectivity index is 1.65. The van der Waals surface area contributed by atoms with Gasteiger partial charge >= 0.3 is 0 Å². The molecule has 1 aromatic heterocycles. The quantitative estimate of drug-likeness (QED) is 0.679. The van der Waals surface area contributed by atoms with Gasteiger partial charge in [0.15, 0.2) is 10.6 Å². The van der Waals surface area contributed by atoms with Crippen molar-refractivity contribution in [2.24, 2.45) is 17.8 Å². The van der Waals surface area contributed by atoms with Gasteiger partial charge in [0, 0.05) is 24.6 Å². The largest absolute Gasteiger partial charge is 0.353 e. The van der Waals surface area contributed by atoms with Gasteiger partial charge in [-0.25, -0.2) is 0 Å². The molecule has 1 heterocycles. The SMILES string of the molecule is Cc1ccc(-c2n[nH]c(=S)n2CCC(=O)NC2CC(C)CCC2C(C)C)cc1. The molecule has 2 N–H and O–H groups in total. The Hall–Kier alpha value is -1.95. The van der Waals surface area contributed by atoms with Gasteiger partial charge in [-0.05, 0) is 49.7 Å². The van der Waals surface area contributed by atoms with E-state index in [1.54, 1.807) is 0 Å². The number of nitrogens with one attached hydrogen (secondary N) is 2. The Morgan fingerprint density at radius 1 is 1.32 bits per heavy atom. The van der Waals surface area contributed by atoms with Crippen molar-refractivity contribution in [3.05, 3.63) is 34.6 Å². The highest BCUT2D eigenvalue weighted by atomic mass is 32.1. The van der Waals surface area contributed by atoms with Gasteiger partial charge in [0.2, 0.25) is 5.91 Å². The number of aryl methyl sites for hydroxylation is 1. The zero-order valence-corrected chi connectivity index (χ0v) is 18.2. The van der Waals surface area contributed by atoms with Gasteiger partial charge in [-0.1, -0.05) is 57.0 Å². The standard InChI is InChI=1S/C22H32N4OS/c1-14(2)18-10-7-16(4)13-19(18)23-20(27)11-12-26-21(24-25-22(26)28)17-8-5-15(3)6-9-17/h5-6,8-9,14,16,18-19H,7,10-13H2,1-4H3,(H,23,27)(H,25,28). The van der Waals surface area contributed by atoms with Crippen molar-refractivity contribution in [1.82, 2.24) is 20.1 Å². The van der Waals surface area contributed by atoms with Crippen LogP contribution < -0.4 is 5.32 Å². The van der Waals surface area contributed by atoms with Crippen LogP contribution in [-0.4, -0.2) is 26.7 Å². The lowest BCUT2D eigenvalue weighted by Crippen LogP contribution is -2.45. The van der Waals surface area contributed by atoms with Crippen molar-refractivity contribution in [1.29, 1.82) is 0 Å². The zero-order chi connectivity index (χ0) is 20.3. The topological polar surface area (TPSA) is 62.7 Å². The normalized spacial score (nSPS) is 22.4. The lowest BCUT2D eigenvalue weighted by atomic mass is 9.74. The van der Waals surface area contributed by atoms with E-state index in [0.29, 0.717) is 35.5 Å². The van der Waals surface area contributed by atoms with Gasteiger partial charge in [-0.15, -0.1) is 0 Å². The van der Waals surface area contributed by atoms with E-state index in [0.717, 1.165) is 17.8 Å². The molecule has 0 spiro atoms. The number of benzene rings is 1. The van der Waals surface area contributed by atoms with E-state index < -0.39 is 0 Å².